The van der Waals surface area contributed by atoms with Gasteiger partial charge >= 0.3 is 0 Å². The van der Waals surface area contributed by atoms with Crippen LogP contribution in [0.4, 0.5) is 5.82 Å². The number of allylic oxidation sites excluding steroid dienone is 6. The van der Waals surface area contributed by atoms with E-state index in [1.54, 1.807) is 7.11 Å². The number of ether oxygens (including phenoxy) is 2. The second kappa shape index (κ2) is 10.2. The first-order chi connectivity index (χ1) is 13.5. The lowest BCUT2D eigenvalue weighted by atomic mass is 10.2. The number of carbonyl (C=O) groups excluding carboxylic acids is 1. The number of nitrogens with two attached hydrogens (primary N) is 1. The van der Waals surface area contributed by atoms with E-state index in [1.165, 1.54) is 5.57 Å². The van der Waals surface area contributed by atoms with Crippen LogP contribution in [0.5, 0.6) is 6.01 Å². The van der Waals surface area contributed by atoms with E-state index in [4.69, 9.17) is 10.5 Å². The predicted molar refractivity (Wildman–Crippen MR) is 109 cm³/mol. The molecule has 150 valence electrons. The lowest BCUT2D eigenvalue weighted by Crippen LogP contribution is -2.05. The number of hydrogen-bond acceptors (Lipinski definition) is 7. The molecule has 0 radical (unpaired) electrons. The van der Waals surface area contributed by atoms with Gasteiger partial charge in [-0.3, -0.25) is 9.36 Å². The zero-order valence-electron chi connectivity index (χ0n) is 16.8. The van der Waals surface area contributed by atoms with Gasteiger partial charge in [-0.25, -0.2) is 9.97 Å². The molecular formula is C20H27N5O3. The van der Waals surface area contributed by atoms with Crippen molar-refractivity contribution in [3.05, 3.63) is 41.8 Å². The summed E-state index contributed by atoms with van der Waals surface area (Å²) in [5.74, 6) is 1.45. The summed E-state index contributed by atoms with van der Waals surface area (Å²) in [6.45, 7) is 7.43. The van der Waals surface area contributed by atoms with E-state index in [0.29, 0.717) is 54.4 Å². The van der Waals surface area contributed by atoms with Crippen molar-refractivity contribution in [1.29, 1.82) is 0 Å². The van der Waals surface area contributed by atoms with Crippen LogP contribution in [0, 0.1) is 12.8 Å². The summed E-state index contributed by atoms with van der Waals surface area (Å²) in [6.07, 6.45) is 11.3. The number of imidazole rings is 1. The van der Waals surface area contributed by atoms with Gasteiger partial charge in [0.15, 0.2) is 17.0 Å². The molecule has 0 fully saturated rings. The molecule has 0 saturated carbocycles. The van der Waals surface area contributed by atoms with Crippen LogP contribution in [0.2, 0.25) is 0 Å². The van der Waals surface area contributed by atoms with Gasteiger partial charge in [-0.2, -0.15) is 4.98 Å². The van der Waals surface area contributed by atoms with Crippen LogP contribution in [-0.4, -0.2) is 39.7 Å². The molecule has 0 bridgehead atoms. The number of nitrogen functional groups attached to an aromatic ring is 1. The largest absolute Gasteiger partial charge is 0.468 e. The molecule has 0 unspecified atom stereocenters. The Morgan fingerprint density at radius 1 is 1.29 bits per heavy atom. The van der Waals surface area contributed by atoms with E-state index < -0.39 is 0 Å². The van der Waals surface area contributed by atoms with Gasteiger partial charge in [0.1, 0.15) is 5.82 Å². The van der Waals surface area contributed by atoms with Crippen LogP contribution in [0.15, 0.2) is 36.0 Å². The Hall–Kier alpha value is -3.16. The number of aromatic nitrogens is 4. The van der Waals surface area contributed by atoms with Gasteiger partial charge in [-0.15, -0.1) is 0 Å². The van der Waals surface area contributed by atoms with Crippen LogP contribution in [-0.2, 0) is 16.1 Å². The number of hydrogen-bond donors (Lipinski definition) is 1. The van der Waals surface area contributed by atoms with Crippen LogP contribution in [0.25, 0.3) is 11.2 Å². The molecule has 2 aromatic rings. The second-order valence-corrected chi connectivity index (χ2v) is 6.64. The van der Waals surface area contributed by atoms with E-state index in [1.807, 2.05) is 37.5 Å². The summed E-state index contributed by atoms with van der Waals surface area (Å²) in [5.41, 5.74) is 8.38. The van der Waals surface area contributed by atoms with Gasteiger partial charge in [-0.1, -0.05) is 44.2 Å². The van der Waals surface area contributed by atoms with Crippen LogP contribution in [0.3, 0.4) is 0 Å². The third kappa shape index (κ3) is 5.67. The van der Waals surface area contributed by atoms with Crippen LogP contribution < -0.4 is 10.5 Å². The van der Waals surface area contributed by atoms with Gasteiger partial charge in [0.05, 0.1) is 20.3 Å². The van der Waals surface area contributed by atoms with E-state index in [0.717, 1.165) is 6.42 Å². The van der Waals surface area contributed by atoms with Crippen LogP contribution in [0.1, 0.15) is 26.1 Å². The lowest BCUT2D eigenvalue weighted by molar-refractivity contribution is -0.129. The van der Waals surface area contributed by atoms with Crippen molar-refractivity contribution in [1.82, 2.24) is 19.5 Å². The molecule has 0 aliphatic heterocycles. The molecule has 28 heavy (non-hydrogen) atoms. The van der Waals surface area contributed by atoms with Crippen molar-refractivity contribution in [2.24, 2.45) is 5.92 Å². The summed E-state index contributed by atoms with van der Waals surface area (Å²) in [6, 6.07) is 0.489. The molecule has 0 aromatic carbocycles. The maximum atomic E-state index is 9.49. The molecule has 2 heterocycles. The Labute approximate surface area is 164 Å². The zero-order valence-corrected chi connectivity index (χ0v) is 16.8. The van der Waals surface area contributed by atoms with Crippen molar-refractivity contribution < 1.29 is 14.3 Å². The Morgan fingerprint density at radius 3 is 2.71 bits per heavy atom. The van der Waals surface area contributed by atoms with E-state index in [-0.39, 0.29) is 0 Å². The zero-order chi connectivity index (χ0) is 20.5. The number of anilines is 1. The van der Waals surface area contributed by atoms with E-state index in [9.17, 15) is 4.79 Å². The van der Waals surface area contributed by atoms with Gasteiger partial charge in [0.25, 0.3) is 12.5 Å². The monoisotopic (exact) mass is 385 g/mol. The van der Waals surface area contributed by atoms with Gasteiger partial charge in [0.2, 0.25) is 0 Å². The summed E-state index contributed by atoms with van der Waals surface area (Å²) >= 11 is 0. The van der Waals surface area contributed by atoms with Crippen molar-refractivity contribution in [3.8, 4) is 6.01 Å². The third-order valence-corrected chi connectivity index (χ3v) is 3.79. The predicted octanol–water partition coefficient (Wildman–Crippen LogP) is 2.98. The maximum absolute atomic E-state index is 9.49. The summed E-state index contributed by atoms with van der Waals surface area (Å²) in [4.78, 5) is 22.5. The normalized spacial score (nSPS) is 13.0. The smallest absolute Gasteiger partial charge is 0.298 e. The minimum Gasteiger partial charge on any atom is -0.468 e. The fourth-order valence-electron chi connectivity index (χ4n) is 2.57. The molecular weight excluding hydrogens is 358 g/mol. The summed E-state index contributed by atoms with van der Waals surface area (Å²) in [5, 5.41) is 0. The standard InChI is InChI=1S/C15H17N5O.C5H10O2/c1-10-17-13(16)12-14(18-10)20(15(19-12)21-2)9-11-7-5-3-4-6-8-11;1-5(2)3-7-4-6/h3-5,7-8H,6,9H2,1-2H3,(H2,16,17,18);4-5H,3H2,1-2H3. The molecule has 2 N–H and O–H groups in total. The quantitative estimate of drug-likeness (QED) is 0.762. The highest BCUT2D eigenvalue weighted by Gasteiger charge is 2.16. The first kappa shape index (κ1) is 21.1. The fourth-order valence-corrected chi connectivity index (χ4v) is 2.57. The first-order valence-corrected chi connectivity index (χ1v) is 9.08. The Kier molecular flexibility index (Phi) is 7.74. The van der Waals surface area contributed by atoms with Crippen molar-refractivity contribution >= 4 is 23.5 Å². The summed E-state index contributed by atoms with van der Waals surface area (Å²) in [7, 11) is 1.59. The fraction of sp³-hybridized carbons (Fsp3) is 0.400. The van der Waals surface area contributed by atoms with Crippen molar-refractivity contribution in [2.45, 2.75) is 33.7 Å². The number of rotatable bonds is 6. The SMILES string of the molecule is CC(C)COC=O.COc1nc2c(N)nc(C)nc2n1CC1=CCC=CC=C1. The molecule has 0 atom stereocenters. The second-order valence-electron chi connectivity index (χ2n) is 6.64. The number of carbonyl (C=O) groups is 1. The molecule has 1 aliphatic rings. The average molecular weight is 385 g/mol. The molecule has 2 aromatic heterocycles. The Balaban J connectivity index is 0.000000345. The minimum atomic E-state index is 0.376. The minimum absolute atomic E-state index is 0.376. The maximum Gasteiger partial charge on any atom is 0.298 e. The molecule has 8 nitrogen and oxygen atoms in total. The summed E-state index contributed by atoms with van der Waals surface area (Å²) < 4.78 is 11.7. The van der Waals surface area contributed by atoms with Gasteiger partial charge in [-0.05, 0) is 24.8 Å². The lowest BCUT2D eigenvalue weighted by Gasteiger charge is -2.08. The van der Waals surface area contributed by atoms with Crippen molar-refractivity contribution in [2.75, 3.05) is 19.5 Å². The van der Waals surface area contributed by atoms with Gasteiger partial charge in [0, 0.05) is 0 Å². The number of aryl methyl sites for hydroxylation is 1. The van der Waals surface area contributed by atoms with Crippen molar-refractivity contribution in [3.63, 3.8) is 0 Å². The van der Waals surface area contributed by atoms with Crippen LogP contribution >= 0.6 is 0 Å². The molecule has 8 heteroatoms. The first-order valence-electron chi connectivity index (χ1n) is 9.08. The molecule has 3 rings (SSSR count). The molecule has 0 saturated heterocycles. The number of methoxy groups -OCH3 is 1. The van der Waals surface area contributed by atoms with Gasteiger partial charge < -0.3 is 15.2 Å². The topological polar surface area (TPSA) is 105 Å². The highest BCUT2D eigenvalue weighted by Crippen LogP contribution is 2.25. The molecule has 0 spiro atoms. The Bertz CT molecular complexity index is 897. The number of fused-ring (bicyclic) bond motifs is 1. The van der Waals surface area contributed by atoms with E-state index in [2.05, 4.69) is 37.9 Å². The Morgan fingerprint density at radius 2 is 2.07 bits per heavy atom. The van der Waals surface area contributed by atoms with E-state index >= 15 is 0 Å². The average Bonchev–Trinajstić information content (AvgIpc) is 2.82. The highest BCUT2D eigenvalue weighted by atomic mass is 16.5. The number of nitrogens with zero attached hydrogens (tertiary/aromatic N) is 4. The molecule has 0 amide bonds. The molecule has 1 aliphatic carbocycles. The third-order valence-electron chi connectivity index (χ3n) is 3.79. The highest BCUT2D eigenvalue weighted by molar-refractivity contribution is 5.82.